The van der Waals surface area contributed by atoms with Gasteiger partial charge >= 0.3 is 0 Å². The van der Waals surface area contributed by atoms with Crippen LogP contribution >= 0.6 is 0 Å². The van der Waals surface area contributed by atoms with Gasteiger partial charge < -0.3 is 21.3 Å². The number of nitrogens with zero attached hydrogens (tertiary/aromatic N) is 2. The highest BCUT2D eigenvalue weighted by Gasteiger charge is 2.28. The lowest BCUT2D eigenvalue weighted by Gasteiger charge is -2.25. The van der Waals surface area contributed by atoms with Crippen molar-refractivity contribution in [1.82, 2.24) is 20.5 Å². The summed E-state index contributed by atoms with van der Waals surface area (Å²) in [6.45, 7) is 1.32. The van der Waals surface area contributed by atoms with Crippen molar-refractivity contribution in [2.24, 2.45) is 5.73 Å². The summed E-state index contributed by atoms with van der Waals surface area (Å²) in [4.78, 5) is 52.7. The molecule has 0 saturated carbocycles. The van der Waals surface area contributed by atoms with Crippen molar-refractivity contribution in [2.75, 3.05) is 20.6 Å². The van der Waals surface area contributed by atoms with Crippen LogP contribution in [0.1, 0.15) is 18.9 Å². The number of nitrogens with two attached hydrogens (primary N) is 1. The van der Waals surface area contributed by atoms with Crippen LogP contribution in [0.15, 0.2) is 24.5 Å². The second-order valence-electron chi connectivity index (χ2n) is 6.03. The summed E-state index contributed by atoms with van der Waals surface area (Å²) in [7, 11) is 3.01. The standard InChI is InChI=1S/C17H25N5O4/c1-11(23)10-22(3)17(26)14(7-12-5-4-6-20-9-12)21-16(25)13(19-2)8-15(18)24/h4-6,9,13-14,19H,7-8,10H2,1-3H3,(H2,18,24)(H,21,25)/t13-,14-/m0/s1. The van der Waals surface area contributed by atoms with Crippen molar-refractivity contribution in [3.63, 3.8) is 0 Å². The number of likely N-dealkylation sites (N-methyl/N-ethyl adjacent to an activating group) is 2. The molecule has 0 aromatic carbocycles. The molecular formula is C17H25N5O4. The second-order valence-corrected chi connectivity index (χ2v) is 6.03. The first kappa shape index (κ1) is 21.2. The molecule has 9 heteroatoms. The highest BCUT2D eigenvalue weighted by Crippen LogP contribution is 2.06. The number of rotatable bonds is 10. The maximum Gasteiger partial charge on any atom is 0.245 e. The molecular weight excluding hydrogens is 338 g/mol. The van der Waals surface area contributed by atoms with Gasteiger partial charge in [0.25, 0.3) is 0 Å². The van der Waals surface area contributed by atoms with Gasteiger partial charge in [0, 0.05) is 25.9 Å². The second kappa shape index (κ2) is 10.2. The molecule has 1 aromatic rings. The normalized spacial score (nSPS) is 12.7. The van der Waals surface area contributed by atoms with Gasteiger partial charge in [0.15, 0.2) is 0 Å². The van der Waals surface area contributed by atoms with Crippen LogP contribution in [0.5, 0.6) is 0 Å². The van der Waals surface area contributed by atoms with E-state index >= 15 is 0 Å². The number of Topliss-reactive ketones (excluding diaryl/α,β-unsaturated/α-hetero) is 1. The van der Waals surface area contributed by atoms with Crippen molar-refractivity contribution < 1.29 is 19.2 Å². The summed E-state index contributed by atoms with van der Waals surface area (Å²) in [5, 5.41) is 5.33. The van der Waals surface area contributed by atoms with Gasteiger partial charge in [-0.05, 0) is 25.6 Å². The fourth-order valence-corrected chi connectivity index (χ4v) is 2.43. The average Bonchev–Trinajstić information content (AvgIpc) is 2.58. The van der Waals surface area contributed by atoms with Crippen molar-refractivity contribution >= 4 is 23.5 Å². The van der Waals surface area contributed by atoms with Crippen molar-refractivity contribution in [2.45, 2.75) is 31.8 Å². The molecule has 26 heavy (non-hydrogen) atoms. The topological polar surface area (TPSA) is 134 Å². The van der Waals surface area contributed by atoms with Crippen LogP contribution in [-0.2, 0) is 25.6 Å². The lowest BCUT2D eigenvalue weighted by molar-refractivity contribution is -0.138. The van der Waals surface area contributed by atoms with Crippen molar-refractivity contribution in [1.29, 1.82) is 0 Å². The largest absolute Gasteiger partial charge is 0.370 e. The Balaban J connectivity index is 2.95. The first-order valence-corrected chi connectivity index (χ1v) is 8.13. The third-order valence-electron chi connectivity index (χ3n) is 3.68. The molecule has 9 nitrogen and oxygen atoms in total. The van der Waals surface area contributed by atoms with E-state index in [4.69, 9.17) is 5.73 Å². The Morgan fingerprint density at radius 3 is 2.46 bits per heavy atom. The maximum absolute atomic E-state index is 12.7. The van der Waals surface area contributed by atoms with E-state index in [1.807, 2.05) is 0 Å². The fourth-order valence-electron chi connectivity index (χ4n) is 2.43. The van der Waals surface area contributed by atoms with Crippen molar-refractivity contribution in [3.8, 4) is 0 Å². The van der Waals surface area contributed by atoms with E-state index in [1.165, 1.54) is 25.9 Å². The predicted molar refractivity (Wildman–Crippen MR) is 94.8 cm³/mol. The number of ketones is 1. The van der Waals surface area contributed by atoms with E-state index in [9.17, 15) is 19.2 Å². The highest BCUT2D eigenvalue weighted by atomic mass is 16.2. The number of aromatic nitrogens is 1. The summed E-state index contributed by atoms with van der Waals surface area (Å²) in [5.41, 5.74) is 5.89. The number of carbonyl (C=O) groups is 4. The van der Waals surface area contributed by atoms with Crippen LogP contribution in [0, 0.1) is 0 Å². The van der Waals surface area contributed by atoms with Crippen LogP contribution in [-0.4, -0.2) is 66.1 Å². The summed E-state index contributed by atoms with van der Waals surface area (Å²) < 4.78 is 0. The lowest BCUT2D eigenvalue weighted by Crippen LogP contribution is -2.54. The first-order chi connectivity index (χ1) is 12.2. The van der Waals surface area contributed by atoms with E-state index in [0.29, 0.717) is 0 Å². The number of nitrogens with one attached hydrogen (secondary N) is 2. The zero-order valence-electron chi connectivity index (χ0n) is 15.2. The molecule has 4 N–H and O–H groups in total. The Morgan fingerprint density at radius 2 is 1.96 bits per heavy atom. The summed E-state index contributed by atoms with van der Waals surface area (Å²) >= 11 is 0. The molecule has 0 bridgehead atoms. The average molecular weight is 363 g/mol. The molecule has 0 aliphatic carbocycles. The van der Waals surface area contributed by atoms with Crippen LogP contribution in [0.3, 0.4) is 0 Å². The third kappa shape index (κ3) is 6.98. The minimum Gasteiger partial charge on any atom is -0.370 e. The molecule has 0 aliphatic rings. The number of primary amides is 1. The van der Waals surface area contributed by atoms with Gasteiger partial charge in [-0.15, -0.1) is 0 Å². The first-order valence-electron chi connectivity index (χ1n) is 8.13. The van der Waals surface area contributed by atoms with Crippen LogP contribution in [0.4, 0.5) is 0 Å². The molecule has 142 valence electrons. The molecule has 2 atom stereocenters. The molecule has 1 rings (SSSR count). The van der Waals surface area contributed by atoms with Gasteiger partial charge in [-0.25, -0.2) is 0 Å². The van der Waals surface area contributed by atoms with Gasteiger partial charge in [-0.2, -0.15) is 0 Å². The van der Waals surface area contributed by atoms with Crippen LogP contribution in [0.25, 0.3) is 0 Å². The zero-order valence-corrected chi connectivity index (χ0v) is 15.2. The highest BCUT2D eigenvalue weighted by molar-refractivity contribution is 5.93. The molecule has 3 amide bonds. The molecule has 0 spiro atoms. The minimum atomic E-state index is -0.903. The smallest absolute Gasteiger partial charge is 0.245 e. The molecule has 1 heterocycles. The number of carbonyl (C=O) groups excluding carboxylic acids is 4. The summed E-state index contributed by atoms with van der Waals surface area (Å²) in [6, 6.07) is 1.75. The number of pyridine rings is 1. The van der Waals surface area contributed by atoms with E-state index < -0.39 is 29.8 Å². The lowest BCUT2D eigenvalue weighted by atomic mass is 10.1. The Morgan fingerprint density at radius 1 is 1.27 bits per heavy atom. The SMILES string of the molecule is CN[C@@H](CC(N)=O)C(=O)N[C@@H](Cc1cccnc1)C(=O)N(C)CC(C)=O. The maximum atomic E-state index is 12.7. The molecule has 0 radical (unpaired) electrons. The van der Waals surface area contributed by atoms with Gasteiger partial charge in [-0.1, -0.05) is 6.07 Å². The third-order valence-corrected chi connectivity index (χ3v) is 3.68. The molecule has 0 aliphatic heterocycles. The Bertz CT molecular complexity index is 650. The Hall–Kier alpha value is -2.81. The van der Waals surface area contributed by atoms with E-state index in [0.717, 1.165) is 5.56 Å². The number of hydrogen-bond acceptors (Lipinski definition) is 6. The van der Waals surface area contributed by atoms with E-state index in [2.05, 4.69) is 15.6 Å². The minimum absolute atomic E-state index is 0.0605. The van der Waals surface area contributed by atoms with Gasteiger partial charge in [0.1, 0.15) is 11.8 Å². The number of hydrogen-bond donors (Lipinski definition) is 3. The number of amides is 3. The zero-order chi connectivity index (χ0) is 19.7. The van der Waals surface area contributed by atoms with E-state index in [1.54, 1.807) is 24.5 Å². The quantitative estimate of drug-likeness (QED) is 0.469. The van der Waals surface area contributed by atoms with Crippen LogP contribution < -0.4 is 16.4 Å². The fraction of sp³-hybridized carbons (Fsp3) is 0.471. The van der Waals surface area contributed by atoms with E-state index in [-0.39, 0.29) is 25.2 Å². The summed E-state index contributed by atoms with van der Waals surface area (Å²) in [6.07, 6.45) is 3.20. The van der Waals surface area contributed by atoms with Gasteiger partial charge in [0.05, 0.1) is 19.0 Å². The van der Waals surface area contributed by atoms with Crippen molar-refractivity contribution in [3.05, 3.63) is 30.1 Å². The predicted octanol–water partition coefficient (Wildman–Crippen LogP) is -1.38. The van der Waals surface area contributed by atoms with Crippen LogP contribution in [0.2, 0.25) is 0 Å². The molecule has 0 fully saturated rings. The Kier molecular flexibility index (Phi) is 8.36. The molecule has 1 aromatic heterocycles. The monoisotopic (exact) mass is 363 g/mol. The molecule has 0 unspecified atom stereocenters. The van der Waals surface area contributed by atoms with Gasteiger partial charge in [-0.3, -0.25) is 24.2 Å². The summed E-state index contributed by atoms with van der Waals surface area (Å²) in [5.74, 6) is -1.74. The molecule has 0 saturated heterocycles. The Labute approximate surface area is 152 Å². The van der Waals surface area contributed by atoms with Gasteiger partial charge in [0.2, 0.25) is 17.7 Å².